The molecule has 110 valence electrons. The maximum absolute atomic E-state index is 6.06. The molecule has 0 heterocycles. The molecule has 3 unspecified atom stereocenters. The van der Waals surface area contributed by atoms with Crippen molar-refractivity contribution in [2.45, 2.75) is 56.5 Å². The van der Waals surface area contributed by atoms with Gasteiger partial charge in [-0.1, -0.05) is 43.2 Å². The quantitative estimate of drug-likeness (QED) is 0.890. The van der Waals surface area contributed by atoms with E-state index in [1.807, 2.05) is 0 Å². The molecular weight excluding hydrogens is 244 g/mol. The van der Waals surface area contributed by atoms with Crippen molar-refractivity contribution >= 4 is 0 Å². The summed E-state index contributed by atoms with van der Waals surface area (Å²) in [6, 6.07) is 12.4. The molecule has 2 fully saturated rings. The Bertz CT molecular complexity index is 413. The molecule has 0 aromatic heterocycles. The Morgan fingerprint density at radius 3 is 2.45 bits per heavy atom. The minimum Gasteiger partial charge on any atom is -0.329 e. The molecule has 2 aliphatic rings. The van der Waals surface area contributed by atoms with Crippen molar-refractivity contribution in [2.24, 2.45) is 11.7 Å². The third kappa shape index (κ3) is 2.91. The molecule has 3 rings (SSSR count). The van der Waals surface area contributed by atoms with E-state index in [4.69, 9.17) is 5.73 Å². The lowest BCUT2D eigenvalue weighted by Crippen LogP contribution is -2.48. The van der Waals surface area contributed by atoms with Crippen molar-refractivity contribution < 1.29 is 0 Å². The van der Waals surface area contributed by atoms with Crippen LogP contribution >= 0.6 is 0 Å². The third-order valence-corrected chi connectivity index (χ3v) is 5.41. The lowest BCUT2D eigenvalue weighted by atomic mass is 9.78. The van der Waals surface area contributed by atoms with Gasteiger partial charge in [-0.3, -0.25) is 4.90 Å². The highest BCUT2D eigenvalue weighted by atomic mass is 15.2. The topological polar surface area (TPSA) is 29.3 Å². The average Bonchev–Trinajstić information content (AvgIpc) is 3.34. The predicted molar refractivity (Wildman–Crippen MR) is 84.8 cm³/mol. The fraction of sp³-hybridized carbons (Fsp3) is 0.667. The van der Waals surface area contributed by atoms with Crippen molar-refractivity contribution in [2.75, 3.05) is 13.6 Å². The molecule has 0 amide bonds. The fourth-order valence-electron chi connectivity index (χ4n) is 4.11. The monoisotopic (exact) mass is 272 g/mol. The number of rotatable bonds is 5. The van der Waals surface area contributed by atoms with Gasteiger partial charge in [0.1, 0.15) is 0 Å². The molecule has 0 bridgehead atoms. The van der Waals surface area contributed by atoms with Gasteiger partial charge in [-0.25, -0.2) is 0 Å². The number of benzene rings is 1. The summed E-state index contributed by atoms with van der Waals surface area (Å²) >= 11 is 0. The van der Waals surface area contributed by atoms with Gasteiger partial charge in [0, 0.05) is 18.6 Å². The van der Waals surface area contributed by atoms with E-state index in [1.54, 1.807) is 0 Å². The number of nitrogens with two attached hydrogens (primary N) is 1. The van der Waals surface area contributed by atoms with E-state index in [0.29, 0.717) is 18.0 Å². The first-order valence-electron chi connectivity index (χ1n) is 8.28. The summed E-state index contributed by atoms with van der Waals surface area (Å²) in [6.07, 6.45) is 8.19. The first kappa shape index (κ1) is 14.1. The summed E-state index contributed by atoms with van der Waals surface area (Å²) in [7, 11) is 2.32. The number of nitrogens with zero attached hydrogens (tertiary/aromatic N) is 1. The summed E-state index contributed by atoms with van der Waals surface area (Å²) in [5.74, 6) is 1.56. The Morgan fingerprint density at radius 2 is 1.80 bits per heavy atom. The molecule has 3 atom stereocenters. The second-order valence-electron chi connectivity index (χ2n) is 6.67. The molecule has 0 spiro atoms. The molecule has 20 heavy (non-hydrogen) atoms. The van der Waals surface area contributed by atoms with E-state index in [-0.39, 0.29) is 0 Å². The highest BCUT2D eigenvalue weighted by Crippen LogP contribution is 2.40. The van der Waals surface area contributed by atoms with Crippen molar-refractivity contribution in [3.63, 3.8) is 0 Å². The zero-order valence-corrected chi connectivity index (χ0v) is 12.7. The average molecular weight is 272 g/mol. The molecule has 0 saturated heterocycles. The maximum Gasteiger partial charge on any atom is 0.0246 e. The summed E-state index contributed by atoms with van der Waals surface area (Å²) in [6.45, 7) is 0.819. The van der Waals surface area contributed by atoms with Crippen molar-refractivity contribution in [1.82, 2.24) is 4.90 Å². The Hall–Kier alpha value is -0.860. The van der Waals surface area contributed by atoms with Crippen LogP contribution in [-0.2, 0) is 0 Å². The van der Waals surface area contributed by atoms with Gasteiger partial charge in [0.05, 0.1) is 0 Å². The maximum atomic E-state index is 6.06. The molecule has 2 aliphatic carbocycles. The fourth-order valence-corrected chi connectivity index (χ4v) is 4.11. The van der Waals surface area contributed by atoms with Crippen LogP contribution in [0.25, 0.3) is 0 Å². The number of hydrogen-bond donors (Lipinski definition) is 1. The smallest absolute Gasteiger partial charge is 0.0246 e. The van der Waals surface area contributed by atoms with Crippen LogP contribution < -0.4 is 5.73 Å². The highest BCUT2D eigenvalue weighted by Gasteiger charge is 2.38. The normalized spacial score (nSPS) is 28.6. The largest absolute Gasteiger partial charge is 0.329 e. The molecule has 2 heteroatoms. The van der Waals surface area contributed by atoms with E-state index in [9.17, 15) is 0 Å². The first-order chi connectivity index (χ1) is 9.81. The van der Waals surface area contributed by atoms with E-state index in [1.165, 1.54) is 44.1 Å². The molecule has 1 aromatic rings. The predicted octanol–water partition coefficient (Wildman–Crippen LogP) is 3.38. The second-order valence-corrected chi connectivity index (χ2v) is 6.67. The number of hydrogen-bond acceptors (Lipinski definition) is 2. The Morgan fingerprint density at radius 1 is 1.10 bits per heavy atom. The second kappa shape index (κ2) is 6.28. The van der Waals surface area contributed by atoms with E-state index < -0.39 is 0 Å². The van der Waals surface area contributed by atoms with Gasteiger partial charge < -0.3 is 5.73 Å². The van der Waals surface area contributed by atoms with E-state index >= 15 is 0 Å². The molecule has 0 radical (unpaired) electrons. The van der Waals surface area contributed by atoms with Crippen LogP contribution in [0.4, 0.5) is 0 Å². The first-order valence-corrected chi connectivity index (χ1v) is 8.28. The van der Waals surface area contributed by atoms with Crippen LogP contribution in [0.15, 0.2) is 30.3 Å². The third-order valence-electron chi connectivity index (χ3n) is 5.41. The van der Waals surface area contributed by atoms with Crippen molar-refractivity contribution in [3.8, 4) is 0 Å². The molecule has 2 N–H and O–H groups in total. The van der Waals surface area contributed by atoms with Gasteiger partial charge in [0.25, 0.3) is 0 Å². The van der Waals surface area contributed by atoms with Crippen LogP contribution in [0.5, 0.6) is 0 Å². The van der Waals surface area contributed by atoms with Gasteiger partial charge in [-0.05, 0) is 50.1 Å². The van der Waals surface area contributed by atoms with E-state index in [2.05, 4.69) is 42.3 Å². The molecule has 0 aliphatic heterocycles. The van der Waals surface area contributed by atoms with Crippen LogP contribution in [0.2, 0.25) is 0 Å². The summed E-state index contributed by atoms with van der Waals surface area (Å²) in [5, 5.41) is 0. The zero-order chi connectivity index (χ0) is 13.9. The van der Waals surface area contributed by atoms with Crippen LogP contribution in [-0.4, -0.2) is 30.6 Å². The van der Waals surface area contributed by atoms with E-state index in [0.717, 1.165) is 12.5 Å². The lowest BCUT2D eigenvalue weighted by Gasteiger charge is -2.42. The lowest BCUT2D eigenvalue weighted by molar-refractivity contribution is 0.110. The SMILES string of the molecule is CN(C(CN)C1CC1)C1CCCCC1c1ccccc1. The summed E-state index contributed by atoms with van der Waals surface area (Å²) in [4.78, 5) is 2.63. The minimum atomic E-state index is 0.601. The van der Waals surface area contributed by atoms with Gasteiger partial charge >= 0.3 is 0 Å². The van der Waals surface area contributed by atoms with Crippen LogP contribution in [0.1, 0.15) is 50.0 Å². The summed E-state index contributed by atoms with van der Waals surface area (Å²) < 4.78 is 0. The molecule has 1 aromatic carbocycles. The van der Waals surface area contributed by atoms with Crippen LogP contribution in [0.3, 0.4) is 0 Å². The molecule has 2 saturated carbocycles. The minimum absolute atomic E-state index is 0.601. The Labute approximate surface area is 123 Å². The van der Waals surface area contributed by atoms with Crippen molar-refractivity contribution in [1.29, 1.82) is 0 Å². The Balaban J connectivity index is 1.77. The molecule has 2 nitrogen and oxygen atoms in total. The highest BCUT2D eigenvalue weighted by molar-refractivity contribution is 5.22. The van der Waals surface area contributed by atoms with Gasteiger partial charge in [0.15, 0.2) is 0 Å². The molecular formula is C18H28N2. The summed E-state index contributed by atoms with van der Waals surface area (Å²) in [5.41, 5.74) is 7.59. The Kier molecular flexibility index (Phi) is 4.42. The standard InChI is InChI=1S/C18H28N2/c1-20(18(13-19)15-11-12-15)17-10-6-5-9-16(17)14-7-3-2-4-8-14/h2-4,7-8,15-18H,5-6,9-13,19H2,1H3. The van der Waals surface area contributed by atoms with Gasteiger partial charge in [-0.2, -0.15) is 0 Å². The zero-order valence-electron chi connectivity index (χ0n) is 12.7. The van der Waals surface area contributed by atoms with Crippen molar-refractivity contribution in [3.05, 3.63) is 35.9 Å². The van der Waals surface area contributed by atoms with Gasteiger partial charge in [-0.15, -0.1) is 0 Å². The van der Waals surface area contributed by atoms with Gasteiger partial charge in [0.2, 0.25) is 0 Å². The number of likely N-dealkylation sites (N-methyl/N-ethyl adjacent to an activating group) is 1. The van der Waals surface area contributed by atoms with Crippen LogP contribution in [0, 0.1) is 5.92 Å².